The molecule has 5 rings (SSSR count). The zero-order valence-corrected chi connectivity index (χ0v) is 23.3. The van der Waals surface area contributed by atoms with E-state index in [0.29, 0.717) is 10.8 Å². The van der Waals surface area contributed by atoms with Crippen LogP contribution in [0.3, 0.4) is 0 Å². The summed E-state index contributed by atoms with van der Waals surface area (Å²) in [7, 11) is 4.32. The van der Waals surface area contributed by atoms with Crippen LogP contribution in [0.2, 0.25) is 0 Å². The van der Waals surface area contributed by atoms with Crippen molar-refractivity contribution < 1.29 is 9.59 Å². The Morgan fingerprint density at radius 2 is 1.83 bits per heavy atom. The summed E-state index contributed by atoms with van der Waals surface area (Å²) in [5.74, 6) is 3.48. The van der Waals surface area contributed by atoms with Gasteiger partial charge in [-0.2, -0.15) is 0 Å². The van der Waals surface area contributed by atoms with Crippen molar-refractivity contribution in [1.29, 1.82) is 0 Å². The molecular formula is C30H49N3O2. The first-order valence-corrected chi connectivity index (χ1v) is 14.4. The highest BCUT2D eigenvalue weighted by Gasteiger charge is 2.64. The van der Waals surface area contributed by atoms with Crippen LogP contribution in [0, 0.1) is 40.4 Å². The lowest BCUT2D eigenvalue weighted by molar-refractivity contribution is -0.138. The number of likely N-dealkylation sites (tertiary alicyclic amines) is 1. The summed E-state index contributed by atoms with van der Waals surface area (Å²) in [6.45, 7) is 11.9. The zero-order valence-electron chi connectivity index (χ0n) is 23.3. The van der Waals surface area contributed by atoms with Crippen LogP contribution in [0.25, 0.3) is 0 Å². The summed E-state index contributed by atoms with van der Waals surface area (Å²) in [6.07, 6.45) is 12.8. The van der Waals surface area contributed by atoms with E-state index in [-0.39, 0.29) is 23.8 Å². The summed E-state index contributed by atoms with van der Waals surface area (Å²) < 4.78 is 0. The first-order valence-electron chi connectivity index (χ1n) is 14.4. The van der Waals surface area contributed by atoms with Gasteiger partial charge in [0, 0.05) is 32.6 Å². The van der Waals surface area contributed by atoms with Crippen molar-refractivity contribution in [2.75, 3.05) is 20.6 Å². The Balaban J connectivity index is 1.33. The van der Waals surface area contributed by atoms with E-state index in [9.17, 15) is 9.59 Å². The van der Waals surface area contributed by atoms with Gasteiger partial charge in [-0.15, -0.1) is 0 Å². The molecule has 4 aliphatic carbocycles. The van der Waals surface area contributed by atoms with Gasteiger partial charge in [0.25, 0.3) is 0 Å². The monoisotopic (exact) mass is 483 g/mol. The molecule has 0 aromatic heterocycles. The lowest BCUT2D eigenvalue weighted by Crippen LogP contribution is -2.55. The van der Waals surface area contributed by atoms with E-state index in [4.69, 9.17) is 0 Å². The summed E-state index contributed by atoms with van der Waals surface area (Å²) in [4.78, 5) is 29.7. The van der Waals surface area contributed by atoms with Crippen molar-refractivity contribution in [2.45, 2.75) is 104 Å². The van der Waals surface area contributed by atoms with Gasteiger partial charge < -0.3 is 15.1 Å². The second kappa shape index (κ2) is 8.89. The molecular weight excluding hydrogens is 434 g/mol. The molecule has 0 aromatic carbocycles. The van der Waals surface area contributed by atoms with E-state index >= 15 is 0 Å². The zero-order chi connectivity index (χ0) is 25.3. The van der Waals surface area contributed by atoms with Crippen LogP contribution in [0.15, 0.2) is 11.6 Å². The Labute approximate surface area is 213 Å². The van der Waals surface area contributed by atoms with Gasteiger partial charge in [0.2, 0.25) is 11.8 Å². The Morgan fingerprint density at radius 1 is 1.11 bits per heavy atom. The molecule has 1 spiro atoms. The van der Waals surface area contributed by atoms with Crippen molar-refractivity contribution in [3.05, 3.63) is 11.6 Å². The Bertz CT molecular complexity index is 898. The molecule has 5 heteroatoms. The average Bonchev–Trinajstić information content (AvgIpc) is 3.29. The van der Waals surface area contributed by atoms with Gasteiger partial charge in [-0.25, -0.2) is 0 Å². The van der Waals surface area contributed by atoms with Crippen molar-refractivity contribution in [3.8, 4) is 0 Å². The third-order valence-electron chi connectivity index (χ3n) is 11.9. The van der Waals surface area contributed by atoms with Crippen LogP contribution in [0.4, 0.5) is 0 Å². The molecule has 1 N–H and O–H groups in total. The molecule has 3 saturated carbocycles. The molecule has 0 bridgehead atoms. The van der Waals surface area contributed by atoms with Crippen molar-refractivity contribution in [2.24, 2.45) is 40.4 Å². The lowest BCUT2D eigenvalue weighted by Gasteiger charge is -2.58. The predicted molar refractivity (Wildman–Crippen MR) is 141 cm³/mol. The number of fused-ring (bicyclic) bond motifs is 4. The number of likely N-dealkylation sites (N-methyl/N-ethyl adjacent to an activating group) is 1. The third-order valence-corrected chi connectivity index (χ3v) is 11.9. The first-order chi connectivity index (χ1) is 16.5. The van der Waals surface area contributed by atoms with Crippen molar-refractivity contribution >= 4 is 11.8 Å². The summed E-state index contributed by atoms with van der Waals surface area (Å²) in [5.41, 5.74) is 2.50. The van der Waals surface area contributed by atoms with E-state index in [1.165, 1.54) is 52.0 Å². The summed E-state index contributed by atoms with van der Waals surface area (Å²) >= 11 is 0. The number of carbonyl (C=O) groups is 2. The Kier molecular flexibility index (Phi) is 6.42. The molecule has 9 atom stereocenters. The minimum atomic E-state index is -0.438. The minimum Gasteiger partial charge on any atom is -0.344 e. The molecule has 1 heterocycles. The molecule has 5 nitrogen and oxygen atoms in total. The van der Waals surface area contributed by atoms with E-state index in [1.54, 1.807) is 5.57 Å². The minimum absolute atomic E-state index is 0.0640. The van der Waals surface area contributed by atoms with Crippen LogP contribution in [0.5, 0.6) is 0 Å². The molecule has 0 aromatic rings. The van der Waals surface area contributed by atoms with Gasteiger partial charge in [-0.05, 0) is 106 Å². The molecule has 5 aliphatic rings. The average molecular weight is 484 g/mol. The third kappa shape index (κ3) is 3.81. The number of nitrogens with zero attached hydrogens (tertiary/aromatic N) is 2. The lowest BCUT2D eigenvalue weighted by atomic mass is 9.47. The quantitative estimate of drug-likeness (QED) is 0.581. The van der Waals surface area contributed by atoms with E-state index in [0.717, 1.165) is 42.6 Å². The predicted octanol–water partition coefficient (Wildman–Crippen LogP) is 4.87. The van der Waals surface area contributed by atoms with E-state index in [1.807, 2.05) is 25.8 Å². The molecule has 4 fully saturated rings. The molecule has 2 amide bonds. The fraction of sp³-hybridized carbons (Fsp3) is 0.867. The molecule has 35 heavy (non-hydrogen) atoms. The number of amides is 2. The van der Waals surface area contributed by atoms with E-state index < -0.39 is 6.04 Å². The van der Waals surface area contributed by atoms with Crippen LogP contribution in [-0.2, 0) is 9.59 Å². The molecule has 1 saturated heterocycles. The highest BCUT2D eigenvalue weighted by Crippen LogP contribution is 2.68. The number of rotatable bonds is 4. The first kappa shape index (κ1) is 25.3. The molecule has 0 unspecified atom stereocenters. The van der Waals surface area contributed by atoms with E-state index in [2.05, 4.69) is 37.2 Å². The number of nitrogens with one attached hydrogen (secondary N) is 1. The number of carbonyl (C=O) groups excluding carboxylic acids is 2. The number of hydrogen-bond acceptors (Lipinski definition) is 3. The van der Waals surface area contributed by atoms with Gasteiger partial charge in [0.05, 0.1) is 0 Å². The standard InChI is InChI=1S/C30H49N3O2/c1-18(2)27(31-20(4)34)28(35)33(7)22-12-14-29(5)21(16-22)8-9-23-25(29)13-15-30-17-32(6)19(3)24(30)10-11-26(23)30/h8,18-19,22-27H,9-17H2,1-7H3,(H,31,34)/t19-,22-,23+,24+,25-,26-,27+,29-,30-/m0/s1. The second-order valence-corrected chi connectivity index (χ2v) is 13.6. The maximum absolute atomic E-state index is 13.4. The molecule has 196 valence electrons. The fourth-order valence-electron chi connectivity index (χ4n) is 9.91. The molecule has 0 radical (unpaired) electrons. The smallest absolute Gasteiger partial charge is 0.245 e. The van der Waals surface area contributed by atoms with Crippen LogP contribution < -0.4 is 5.32 Å². The van der Waals surface area contributed by atoms with Crippen LogP contribution in [0.1, 0.15) is 86.0 Å². The van der Waals surface area contributed by atoms with Crippen molar-refractivity contribution in [1.82, 2.24) is 15.1 Å². The highest BCUT2D eigenvalue weighted by molar-refractivity contribution is 5.87. The van der Waals surface area contributed by atoms with Crippen LogP contribution in [-0.4, -0.2) is 60.4 Å². The topological polar surface area (TPSA) is 52.7 Å². The SMILES string of the molecule is CC(=O)N[C@@H](C(=O)N(C)[C@H]1CC[C@@]2(C)C(=CC[C@H]3[C@@H]4CC[C@@H]5[C@H](C)N(C)C[C@@]54CC[C@@H]32)C1)C(C)C. The Morgan fingerprint density at radius 3 is 2.51 bits per heavy atom. The fourth-order valence-corrected chi connectivity index (χ4v) is 9.91. The second-order valence-electron chi connectivity index (χ2n) is 13.6. The maximum Gasteiger partial charge on any atom is 0.245 e. The summed E-state index contributed by atoms with van der Waals surface area (Å²) in [5, 5.41) is 2.90. The van der Waals surface area contributed by atoms with Crippen molar-refractivity contribution in [3.63, 3.8) is 0 Å². The van der Waals surface area contributed by atoms with Gasteiger partial charge >= 0.3 is 0 Å². The van der Waals surface area contributed by atoms with Gasteiger partial charge in [0.15, 0.2) is 0 Å². The Hall–Kier alpha value is -1.36. The largest absolute Gasteiger partial charge is 0.344 e. The van der Waals surface area contributed by atoms with Gasteiger partial charge in [-0.3, -0.25) is 9.59 Å². The highest BCUT2D eigenvalue weighted by atomic mass is 16.2. The van der Waals surface area contributed by atoms with Crippen LogP contribution >= 0.6 is 0 Å². The normalized spacial score (nSPS) is 43.5. The van der Waals surface area contributed by atoms with Gasteiger partial charge in [-0.1, -0.05) is 32.4 Å². The molecule has 1 aliphatic heterocycles. The summed E-state index contributed by atoms with van der Waals surface area (Å²) in [6, 6.07) is 0.549. The van der Waals surface area contributed by atoms with Gasteiger partial charge in [0.1, 0.15) is 6.04 Å². The maximum atomic E-state index is 13.4. The number of hydrogen-bond donors (Lipinski definition) is 1. The number of allylic oxidation sites excluding steroid dienone is 1.